The lowest BCUT2D eigenvalue weighted by Gasteiger charge is -2.14. The minimum absolute atomic E-state index is 0.488. The smallest absolute Gasteiger partial charge is 0.191 e. The highest BCUT2D eigenvalue weighted by Gasteiger charge is 2.10. The van der Waals surface area contributed by atoms with Crippen molar-refractivity contribution in [3.05, 3.63) is 52.0 Å². The first-order chi connectivity index (χ1) is 13.1. The van der Waals surface area contributed by atoms with Crippen LogP contribution in [0.25, 0.3) is 0 Å². The van der Waals surface area contributed by atoms with Crippen LogP contribution in [0, 0.1) is 0 Å². The number of hydrogen-bond acceptors (Lipinski definition) is 4. The number of para-hydroxylation sites is 1. The van der Waals surface area contributed by atoms with Crippen LogP contribution in [0.3, 0.4) is 0 Å². The van der Waals surface area contributed by atoms with Gasteiger partial charge < -0.3 is 24.8 Å². The molecule has 0 fully saturated rings. The standard InChI is InChI=1S/C20H26BrN3O3/c1-5-22-20(23-12-14-8-6-7-9-17(14)25-2)24-13-15-10-18(26-3)19(27-4)11-16(15)21/h6-11H,5,12-13H2,1-4H3,(H2,22,23,24). The summed E-state index contributed by atoms with van der Waals surface area (Å²) in [5.74, 6) is 2.93. The average molecular weight is 436 g/mol. The van der Waals surface area contributed by atoms with E-state index in [0.717, 1.165) is 33.9 Å². The molecule has 27 heavy (non-hydrogen) atoms. The summed E-state index contributed by atoms with van der Waals surface area (Å²) in [7, 11) is 4.91. The predicted molar refractivity (Wildman–Crippen MR) is 112 cm³/mol. The Bertz CT molecular complexity index is 781. The Labute approximate surface area is 169 Å². The molecule has 2 aromatic rings. The molecular weight excluding hydrogens is 410 g/mol. The number of nitrogens with zero attached hydrogens (tertiary/aromatic N) is 1. The van der Waals surface area contributed by atoms with Gasteiger partial charge in [-0.3, -0.25) is 0 Å². The zero-order chi connectivity index (χ0) is 19.6. The number of nitrogens with one attached hydrogen (secondary N) is 2. The highest BCUT2D eigenvalue weighted by Crippen LogP contribution is 2.33. The van der Waals surface area contributed by atoms with Gasteiger partial charge >= 0.3 is 0 Å². The Kier molecular flexibility index (Phi) is 8.26. The lowest BCUT2D eigenvalue weighted by atomic mass is 10.2. The molecule has 0 atom stereocenters. The van der Waals surface area contributed by atoms with Crippen LogP contribution in [0.5, 0.6) is 17.2 Å². The molecule has 2 aromatic carbocycles. The molecule has 0 aliphatic heterocycles. The van der Waals surface area contributed by atoms with Crippen molar-refractivity contribution in [1.82, 2.24) is 10.6 Å². The van der Waals surface area contributed by atoms with Crippen molar-refractivity contribution in [2.24, 2.45) is 4.99 Å². The van der Waals surface area contributed by atoms with E-state index in [2.05, 4.69) is 31.6 Å². The maximum Gasteiger partial charge on any atom is 0.191 e. The van der Waals surface area contributed by atoms with E-state index in [-0.39, 0.29) is 0 Å². The van der Waals surface area contributed by atoms with Gasteiger partial charge in [-0.1, -0.05) is 34.1 Å². The van der Waals surface area contributed by atoms with Crippen molar-refractivity contribution < 1.29 is 14.2 Å². The van der Waals surface area contributed by atoms with Crippen molar-refractivity contribution in [3.8, 4) is 17.2 Å². The summed E-state index contributed by atoms with van der Waals surface area (Å²) in [4.78, 5) is 4.67. The van der Waals surface area contributed by atoms with Crippen molar-refractivity contribution in [2.45, 2.75) is 20.0 Å². The number of halogens is 1. The fourth-order valence-corrected chi connectivity index (χ4v) is 3.00. The van der Waals surface area contributed by atoms with Crippen LogP contribution in [-0.2, 0) is 13.1 Å². The largest absolute Gasteiger partial charge is 0.496 e. The van der Waals surface area contributed by atoms with Crippen LogP contribution in [0.2, 0.25) is 0 Å². The lowest BCUT2D eigenvalue weighted by molar-refractivity contribution is 0.354. The van der Waals surface area contributed by atoms with Crippen LogP contribution in [0.1, 0.15) is 18.1 Å². The van der Waals surface area contributed by atoms with E-state index >= 15 is 0 Å². The summed E-state index contributed by atoms with van der Waals surface area (Å²) < 4.78 is 17.0. The molecule has 0 amide bonds. The van der Waals surface area contributed by atoms with Gasteiger partial charge in [-0.15, -0.1) is 0 Å². The third-order valence-corrected chi connectivity index (χ3v) is 4.68. The van der Waals surface area contributed by atoms with Crippen molar-refractivity contribution >= 4 is 21.9 Å². The molecule has 0 heterocycles. The number of guanidine groups is 1. The van der Waals surface area contributed by atoms with Gasteiger partial charge in [-0.25, -0.2) is 4.99 Å². The summed E-state index contributed by atoms with van der Waals surface area (Å²) in [5.41, 5.74) is 2.07. The number of ether oxygens (including phenoxy) is 3. The monoisotopic (exact) mass is 435 g/mol. The minimum atomic E-state index is 0.488. The Morgan fingerprint density at radius 2 is 1.59 bits per heavy atom. The second-order valence-corrected chi connectivity index (χ2v) is 6.51. The van der Waals surface area contributed by atoms with Crippen LogP contribution in [-0.4, -0.2) is 33.8 Å². The van der Waals surface area contributed by atoms with Gasteiger partial charge in [0.15, 0.2) is 17.5 Å². The molecule has 146 valence electrons. The third kappa shape index (κ3) is 5.79. The molecule has 0 radical (unpaired) electrons. The fraction of sp³-hybridized carbons (Fsp3) is 0.350. The van der Waals surface area contributed by atoms with E-state index in [1.165, 1.54) is 0 Å². The molecule has 0 aliphatic rings. The fourth-order valence-electron chi connectivity index (χ4n) is 2.55. The third-order valence-electron chi connectivity index (χ3n) is 3.94. The number of hydrogen-bond donors (Lipinski definition) is 2. The van der Waals surface area contributed by atoms with Gasteiger partial charge in [0, 0.05) is 23.1 Å². The first kappa shape index (κ1) is 20.9. The van der Waals surface area contributed by atoms with Crippen molar-refractivity contribution in [2.75, 3.05) is 27.9 Å². The molecule has 2 rings (SSSR count). The first-order valence-corrected chi connectivity index (χ1v) is 9.46. The Balaban J connectivity index is 2.13. The molecule has 0 saturated carbocycles. The first-order valence-electron chi connectivity index (χ1n) is 8.67. The summed E-state index contributed by atoms with van der Waals surface area (Å²) in [5, 5.41) is 6.60. The molecule has 2 N–H and O–H groups in total. The van der Waals surface area contributed by atoms with Crippen LogP contribution in [0.15, 0.2) is 45.9 Å². The SMILES string of the molecule is CCNC(=NCc1cc(OC)c(OC)cc1Br)NCc1ccccc1OC. The van der Waals surface area contributed by atoms with E-state index in [4.69, 9.17) is 14.2 Å². The lowest BCUT2D eigenvalue weighted by Crippen LogP contribution is -2.36. The van der Waals surface area contributed by atoms with Gasteiger partial charge in [-0.05, 0) is 30.7 Å². The number of aliphatic imine (C=N–C) groups is 1. The quantitative estimate of drug-likeness (QED) is 0.488. The molecule has 7 heteroatoms. The average Bonchev–Trinajstić information content (AvgIpc) is 2.70. The molecule has 6 nitrogen and oxygen atoms in total. The van der Waals surface area contributed by atoms with E-state index < -0.39 is 0 Å². The molecule has 0 spiro atoms. The highest BCUT2D eigenvalue weighted by atomic mass is 79.9. The van der Waals surface area contributed by atoms with Crippen molar-refractivity contribution in [1.29, 1.82) is 0 Å². The van der Waals surface area contributed by atoms with Gasteiger partial charge in [0.1, 0.15) is 5.75 Å². The van der Waals surface area contributed by atoms with E-state index in [0.29, 0.717) is 24.6 Å². The summed E-state index contributed by atoms with van der Waals surface area (Å²) in [6.45, 7) is 3.91. The maximum absolute atomic E-state index is 5.40. The number of methoxy groups -OCH3 is 3. The Hall–Kier alpha value is -2.41. The predicted octanol–water partition coefficient (Wildman–Crippen LogP) is 3.73. The second-order valence-electron chi connectivity index (χ2n) is 5.66. The van der Waals surface area contributed by atoms with Gasteiger partial charge in [0.2, 0.25) is 0 Å². The molecule has 0 unspecified atom stereocenters. The molecule has 0 bridgehead atoms. The normalized spacial score (nSPS) is 11.1. The molecule has 0 aromatic heterocycles. The molecule has 0 aliphatic carbocycles. The maximum atomic E-state index is 5.40. The van der Waals surface area contributed by atoms with Gasteiger partial charge in [0.05, 0.1) is 27.9 Å². The Morgan fingerprint density at radius 3 is 2.26 bits per heavy atom. The zero-order valence-electron chi connectivity index (χ0n) is 16.1. The topological polar surface area (TPSA) is 64.1 Å². The minimum Gasteiger partial charge on any atom is -0.496 e. The zero-order valence-corrected chi connectivity index (χ0v) is 17.7. The summed E-state index contributed by atoms with van der Waals surface area (Å²) in [6.07, 6.45) is 0. The van der Waals surface area contributed by atoms with E-state index in [1.807, 2.05) is 43.3 Å². The Morgan fingerprint density at radius 1 is 0.926 bits per heavy atom. The van der Waals surface area contributed by atoms with E-state index in [1.54, 1.807) is 21.3 Å². The number of rotatable bonds is 8. The van der Waals surface area contributed by atoms with Crippen LogP contribution >= 0.6 is 15.9 Å². The van der Waals surface area contributed by atoms with Crippen LogP contribution < -0.4 is 24.8 Å². The van der Waals surface area contributed by atoms with Crippen LogP contribution in [0.4, 0.5) is 0 Å². The molecule has 0 saturated heterocycles. The highest BCUT2D eigenvalue weighted by molar-refractivity contribution is 9.10. The summed E-state index contributed by atoms with van der Waals surface area (Å²) >= 11 is 3.57. The van der Waals surface area contributed by atoms with Crippen molar-refractivity contribution in [3.63, 3.8) is 0 Å². The number of benzene rings is 2. The van der Waals surface area contributed by atoms with Gasteiger partial charge in [0.25, 0.3) is 0 Å². The second kappa shape index (κ2) is 10.7. The van der Waals surface area contributed by atoms with E-state index in [9.17, 15) is 0 Å². The summed E-state index contributed by atoms with van der Waals surface area (Å²) in [6, 6.07) is 11.7. The molecular formula is C20H26BrN3O3. The van der Waals surface area contributed by atoms with Gasteiger partial charge in [-0.2, -0.15) is 0 Å².